The van der Waals surface area contributed by atoms with Crippen molar-refractivity contribution < 1.29 is 79.9 Å². The summed E-state index contributed by atoms with van der Waals surface area (Å²) in [6, 6.07) is 20.9. The van der Waals surface area contributed by atoms with Crippen molar-refractivity contribution in [2.45, 2.75) is 86.3 Å². The molecular formula is C40H44O16. The van der Waals surface area contributed by atoms with Gasteiger partial charge in [0.15, 0.2) is 0 Å². The highest BCUT2D eigenvalue weighted by molar-refractivity contribution is 5.57. The van der Waals surface area contributed by atoms with Crippen LogP contribution >= 0.6 is 0 Å². The molecule has 0 spiro atoms. The number of aromatic hydroxyl groups is 3. The Morgan fingerprint density at radius 3 is 1.54 bits per heavy atom. The maximum atomic E-state index is 10.8. The zero-order valence-electron chi connectivity index (χ0n) is 29.7. The number of benzene rings is 4. The van der Waals surface area contributed by atoms with E-state index in [2.05, 4.69) is 0 Å². The van der Waals surface area contributed by atoms with E-state index in [1.54, 1.807) is 54.6 Å². The van der Waals surface area contributed by atoms with Gasteiger partial charge < -0.3 is 79.9 Å². The zero-order valence-corrected chi connectivity index (χ0v) is 29.7. The highest BCUT2D eigenvalue weighted by Gasteiger charge is 2.46. The minimum Gasteiger partial charge on any atom is -0.508 e. The van der Waals surface area contributed by atoms with Crippen molar-refractivity contribution in [1.29, 1.82) is 0 Å². The van der Waals surface area contributed by atoms with Crippen molar-refractivity contribution in [2.24, 2.45) is 0 Å². The van der Waals surface area contributed by atoms with E-state index >= 15 is 0 Å². The standard InChI is InChI=1S/C40H44O16/c41-16-28-32(46)34(48)36(50)39(55-28)52-25-7-2-18(3-8-25)1-4-20-11-24(45)15-27-30(20)31(21-12-22(43)14-23(44)13-21)38(54-27)19-5-9-26(10-6-19)53-40-37(51)35(49)33(47)29(17-42)56-40/h2-3,5-15,28-29,31-51H,1,4,16-17H2/t28-,29-,31+,32-,33-,34+,35+,36-,37-,38-,39-,40-/m1/s1. The molecule has 7 rings (SSSR count). The molecule has 0 saturated carbocycles. The van der Waals surface area contributed by atoms with Crippen molar-refractivity contribution in [3.05, 3.63) is 107 Å². The summed E-state index contributed by atoms with van der Waals surface area (Å²) in [5.41, 5.74) is 3.52. The zero-order chi connectivity index (χ0) is 39.8. The second-order valence-corrected chi connectivity index (χ2v) is 14.2. The molecule has 12 atom stereocenters. The fourth-order valence-corrected chi connectivity index (χ4v) is 7.43. The third-order valence-corrected chi connectivity index (χ3v) is 10.4. The SMILES string of the molecule is OC[C@H]1O[C@@H](Oc2ccc(CCc3cc(O)cc4c3[C@H](c3cc(O)cc(O)c3)[C@@H](c3ccc(O[C@@H]5O[C@H](CO)[C@@H](O)[C@H](O)[C@H]5O)cc3)O4)cc2)[C@H](O)[C@@H](O)[C@@H]1O. The van der Waals surface area contributed by atoms with Crippen LogP contribution < -0.4 is 14.2 Å². The van der Waals surface area contributed by atoms with E-state index in [1.165, 1.54) is 24.3 Å². The first-order valence-corrected chi connectivity index (χ1v) is 18.0. The number of aryl methyl sites for hydroxylation is 2. The molecule has 56 heavy (non-hydrogen) atoms. The Morgan fingerprint density at radius 2 is 1.02 bits per heavy atom. The lowest BCUT2D eigenvalue weighted by atomic mass is 9.81. The third-order valence-electron chi connectivity index (χ3n) is 10.4. The molecule has 16 heteroatoms. The molecule has 0 aliphatic carbocycles. The number of aliphatic hydroxyl groups excluding tert-OH is 8. The largest absolute Gasteiger partial charge is 0.508 e. The van der Waals surface area contributed by atoms with Crippen molar-refractivity contribution in [3.8, 4) is 34.5 Å². The van der Waals surface area contributed by atoms with Gasteiger partial charge in [-0.25, -0.2) is 0 Å². The summed E-state index contributed by atoms with van der Waals surface area (Å²) in [4.78, 5) is 0. The van der Waals surface area contributed by atoms with Crippen LogP contribution in [0.15, 0.2) is 78.9 Å². The van der Waals surface area contributed by atoms with Crippen molar-refractivity contribution in [2.75, 3.05) is 13.2 Å². The summed E-state index contributed by atoms with van der Waals surface area (Å²) < 4.78 is 28.9. The van der Waals surface area contributed by atoms with Crippen molar-refractivity contribution >= 4 is 0 Å². The summed E-state index contributed by atoms with van der Waals surface area (Å²) >= 11 is 0. The van der Waals surface area contributed by atoms with Crippen LogP contribution in [0.1, 0.15) is 39.8 Å². The topological polar surface area (TPSA) is 269 Å². The van der Waals surface area contributed by atoms with Crippen LogP contribution in [0, 0.1) is 0 Å². The van der Waals surface area contributed by atoms with Gasteiger partial charge >= 0.3 is 0 Å². The van der Waals surface area contributed by atoms with Crippen LogP contribution in [0.4, 0.5) is 0 Å². The van der Waals surface area contributed by atoms with Gasteiger partial charge in [-0.15, -0.1) is 0 Å². The number of ether oxygens (including phenoxy) is 5. The fraction of sp³-hybridized carbons (Fsp3) is 0.400. The average Bonchev–Trinajstić information content (AvgIpc) is 3.57. The molecule has 0 unspecified atom stereocenters. The molecule has 0 amide bonds. The van der Waals surface area contributed by atoms with Crippen LogP contribution in [0.25, 0.3) is 0 Å². The monoisotopic (exact) mass is 780 g/mol. The highest BCUT2D eigenvalue weighted by Crippen LogP contribution is 2.53. The van der Waals surface area contributed by atoms with Gasteiger partial charge in [0, 0.05) is 17.7 Å². The summed E-state index contributed by atoms with van der Waals surface area (Å²) in [7, 11) is 0. The van der Waals surface area contributed by atoms with E-state index in [0.717, 1.165) is 16.7 Å². The predicted molar refractivity (Wildman–Crippen MR) is 192 cm³/mol. The second-order valence-electron chi connectivity index (χ2n) is 14.2. The molecule has 11 N–H and O–H groups in total. The van der Waals surface area contributed by atoms with E-state index < -0.39 is 86.6 Å². The van der Waals surface area contributed by atoms with Gasteiger partial charge in [-0.2, -0.15) is 0 Å². The smallest absolute Gasteiger partial charge is 0.229 e. The molecule has 300 valence electrons. The van der Waals surface area contributed by atoms with Gasteiger partial charge in [0.2, 0.25) is 12.6 Å². The Morgan fingerprint density at radius 1 is 0.518 bits per heavy atom. The number of fused-ring (bicyclic) bond motifs is 1. The van der Waals surface area contributed by atoms with E-state index in [0.29, 0.717) is 35.5 Å². The van der Waals surface area contributed by atoms with Gasteiger partial charge in [-0.1, -0.05) is 24.3 Å². The van der Waals surface area contributed by atoms with E-state index in [4.69, 9.17) is 23.7 Å². The van der Waals surface area contributed by atoms with Crippen molar-refractivity contribution in [1.82, 2.24) is 0 Å². The van der Waals surface area contributed by atoms with Gasteiger partial charge in [-0.3, -0.25) is 0 Å². The number of phenolic OH excluding ortho intramolecular Hbond substituents is 3. The summed E-state index contributed by atoms with van der Waals surface area (Å²) in [5, 5.41) is 112. The number of hydrogen-bond acceptors (Lipinski definition) is 16. The Bertz CT molecular complexity index is 1930. The minimum atomic E-state index is -1.61. The normalized spacial score (nSPS) is 31.4. The molecule has 0 aromatic heterocycles. The Hall–Kier alpha value is -4.72. The van der Waals surface area contributed by atoms with E-state index in [-0.39, 0.29) is 23.0 Å². The Balaban J connectivity index is 1.11. The molecule has 2 fully saturated rings. The average molecular weight is 781 g/mol. The van der Waals surface area contributed by atoms with Gasteiger partial charge in [0.25, 0.3) is 0 Å². The molecule has 16 nitrogen and oxygen atoms in total. The number of rotatable bonds is 11. The molecular weight excluding hydrogens is 736 g/mol. The number of aliphatic hydroxyl groups is 8. The molecule has 4 aromatic rings. The summed E-state index contributed by atoms with van der Waals surface area (Å²) in [6.45, 7) is -1.19. The molecule has 4 aromatic carbocycles. The lowest BCUT2D eigenvalue weighted by molar-refractivity contribution is -0.277. The van der Waals surface area contributed by atoms with Gasteiger partial charge in [0.05, 0.1) is 19.1 Å². The summed E-state index contributed by atoms with van der Waals surface area (Å²) in [6.07, 6.45) is -14.2. The van der Waals surface area contributed by atoms with Gasteiger partial charge in [0.1, 0.15) is 89.4 Å². The second kappa shape index (κ2) is 16.4. The molecule has 0 bridgehead atoms. The molecule has 2 saturated heterocycles. The highest BCUT2D eigenvalue weighted by atomic mass is 16.7. The fourth-order valence-electron chi connectivity index (χ4n) is 7.43. The Kier molecular flexibility index (Phi) is 11.6. The van der Waals surface area contributed by atoms with Crippen LogP contribution in [-0.4, -0.2) is 131 Å². The first-order valence-electron chi connectivity index (χ1n) is 18.0. The lowest BCUT2D eigenvalue weighted by Crippen LogP contribution is -2.60. The minimum absolute atomic E-state index is 0.0385. The molecule has 3 heterocycles. The van der Waals surface area contributed by atoms with Crippen LogP contribution in [0.2, 0.25) is 0 Å². The van der Waals surface area contributed by atoms with Crippen LogP contribution in [0.3, 0.4) is 0 Å². The predicted octanol–water partition coefficient (Wildman–Crippen LogP) is 0.212. The van der Waals surface area contributed by atoms with Crippen LogP contribution in [-0.2, 0) is 22.3 Å². The Labute approximate surface area is 320 Å². The van der Waals surface area contributed by atoms with Crippen molar-refractivity contribution in [3.63, 3.8) is 0 Å². The molecule has 3 aliphatic rings. The molecule has 0 radical (unpaired) electrons. The molecule has 3 aliphatic heterocycles. The number of hydrogen-bond donors (Lipinski definition) is 11. The maximum Gasteiger partial charge on any atom is 0.229 e. The van der Waals surface area contributed by atoms with E-state index in [1.807, 2.05) is 0 Å². The maximum absolute atomic E-state index is 10.8. The third kappa shape index (κ3) is 7.94. The quantitative estimate of drug-likeness (QED) is 0.0972. The first-order chi connectivity index (χ1) is 26.8. The number of phenols is 3. The van der Waals surface area contributed by atoms with Crippen LogP contribution in [0.5, 0.6) is 34.5 Å². The first kappa shape index (κ1) is 39.5. The summed E-state index contributed by atoms with van der Waals surface area (Å²) in [5.74, 6) is -0.0102. The van der Waals surface area contributed by atoms with Gasteiger partial charge in [-0.05, 0) is 77.6 Å². The van der Waals surface area contributed by atoms with E-state index in [9.17, 15) is 56.2 Å². The lowest BCUT2D eigenvalue weighted by Gasteiger charge is -2.39.